The number of unbranched alkanes of at least 4 members (excludes halogenated alkanes) is 3. The van der Waals surface area contributed by atoms with Gasteiger partial charge in [-0.2, -0.15) is 0 Å². The minimum absolute atomic E-state index is 0.125. The Morgan fingerprint density at radius 1 is 1.25 bits per heavy atom. The van der Waals surface area contributed by atoms with E-state index in [9.17, 15) is 28.3 Å². The molecular weight excluding hydrogens is 446 g/mol. The fraction of sp³-hybridized carbons (Fsp3) is 0.381. The van der Waals surface area contributed by atoms with Gasteiger partial charge in [0.25, 0.3) is 11.8 Å². The van der Waals surface area contributed by atoms with Crippen molar-refractivity contribution in [2.45, 2.75) is 39.2 Å². The van der Waals surface area contributed by atoms with E-state index in [1.807, 2.05) is 0 Å². The van der Waals surface area contributed by atoms with E-state index < -0.39 is 52.3 Å². The number of halogens is 3. The molecule has 0 radical (unpaired) electrons. The molecule has 8 nitrogen and oxygen atoms in total. The van der Waals surface area contributed by atoms with Crippen LogP contribution in [-0.4, -0.2) is 34.8 Å². The number of amides is 2. The largest absolute Gasteiger partial charge is 0.502 e. The number of rotatable bonds is 8. The number of hydrogen-bond acceptors (Lipinski definition) is 5. The summed E-state index contributed by atoms with van der Waals surface area (Å²) in [6, 6.07) is 2.01. The molecule has 0 aliphatic carbocycles. The topological polar surface area (TPSA) is 104 Å². The summed E-state index contributed by atoms with van der Waals surface area (Å²) in [5.74, 6) is -4.43. The monoisotopic (exact) mass is 468 g/mol. The van der Waals surface area contributed by atoms with E-state index in [-0.39, 0.29) is 17.4 Å². The predicted octanol–water partition coefficient (Wildman–Crippen LogP) is 2.63. The van der Waals surface area contributed by atoms with E-state index in [0.717, 1.165) is 44.0 Å². The van der Waals surface area contributed by atoms with Crippen LogP contribution in [0.3, 0.4) is 0 Å². The summed E-state index contributed by atoms with van der Waals surface area (Å²) in [6.07, 6.45) is 4.97. The first kappa shape index (κ1) is 23.5. The Hall–Kier alpha value is -3.14. The van der Waals surface area contributed by atoms with Gasteiger partial charge in [0.2, 0.25) is 5.43 Å². The average molecular weight is 469 g/mol. The fourth-order valence-corrected chi connectivity index (χ4v) is 3.59. The molecule has 0 saturated carbocycles. The Bertz CT molecular complexity index is 1110. The predicted molar refractivity (Wildman–Crippen MR) is 114 cm³/mol. The molecular formula is C21H23ClF2N4O4. The lowest BCUT2D eigenvalue weighted by molar-refractivity contribution is 0.0908. The Morgan fingerprint density at radius 3 is 2.72 bits per heavy atom. The molecule has 0 spiro atoms. The number of carbonyl (C=O) groups excluding carboxylic acids is 2. The van der Waals surface area contributed by atoms with Gasteiger partial charge in [0.15, 0.2) is 11.4 Å². The summed E-state index contributed by atoms with van der Waals surface area (Å²) >= 11 is 5.65. The molecule has 3 rings (SSSR count). The summed E-state index contributed by atoms with van der Waals surface area (Å²) in [6.45, 7) is 2.14. The molecule has 0 fully saturated rings. The number of pyridine rings is 1. The molecule has 1 aromatic carbocycles. The zero-order chi connectivity index (χ0) is 23.4. The Morgan fingerprint density at radius 2 is 2.00 bits per heavy atom. The third-order valence-corrected chi connectivity index (χ3v) is 5.48. The van der Waals surface area contributed by atoms with Gasteiger partial charge < -0.3 is 15.7 Å². The van der Waals surface area contributed by atoms with Crippen LogP contribution in [-0.2, 0) is 6.54 Å². The molecule has 1 aromatic heterocycles. The number of nitrogens with one attached hydrogen (secondary N) is 2. The fourth-order valence-electron chi connectivity index (χ4n) is 3.41. The highest BCUT2D eigenvalue weighted by molar-refractivity contribution is 6.30. The van der Waals surface area contributed by atoms with Crippen LogP contribution in [0.4, 0.5) is 8.78 Å². The minimum Gasteiger partial charge on any atom is -0.502 e. The van der Waals surface area contributed by atoms with Crippen molar-refractivity contribution in [1.82, 2.24) is 15.3 Å². The van der Waals surface area contributed by atoms with E-state index in [4.69, 9.17) is 11.6 Å². The highest BCUT2D eigenvalue weighted by Gasteiger charge is 2.29. The van der Waals surface area contributed by atoms with Gasteiger partial charge in [0, 0.05) is 24.8 Å². The lowest BCUT2D eigenvalue weighted by Gasteiger charge is -2.34. The van der Waals surface area contributed by atoms with Crippen molar-refractivity contribution >= 4 is 23.4 Å². The second-order valence-corrected chi connectivity index (χ2v) is 7.78. The SMILES string of the molecule is CCCCCCN1CNC(=O)c2c(O)c(=O)c(C(=O)NCc3c(F)ccc(Cl)c3F)cn21. The van der Waals surface area contributed by atoms with Gasteiger partial charge in [0.05, 0.1) is 5.02 Å². The van der Waals surface area contributed by atoms with Crippen molar-refractivity contribution in [3.05, 3.63) is 62.0 Å². The van der Waals surface area contributed by atoms with E-state index in [2.05, 4.69) is 17.6 Å². The summed E-state index contributed by atoms with van der Waals surface area (Å²) in [5.41, 5.74) is -2.28. The van der Waals surface area contributed by atoms with E-state index in [1.54, 1.807) is 5.01 Å². The maximum atomic E-state index is 14.1. The number of aromatic nitrogens is 1. The number of fused-ring (bicyclic) bond motifs is 1. The van der Waals surface area contributed by atoms with Gasteiger partial charge in [-0.15, -0.1) is 0 Å². The first-order valence-corrected chi connectivity index (χ1v) is 10.6. The lowest BCUT2D eigenvalue weighted by Crippen LogP contribution is -2.53. The molecule has 32 heavy (non-hydrogen) atoms. The first-order valence-electron chi connectivity index (χ1n) is 10.2. The second-order valence-electron chi connectivity index (χ2n) is 7.37. The van der Waals surface area contributed by atoms with Crippen LogP contribution in [0.1, 0.15) is 59.0 Å². The van der Waals surface area contributed by atoms with Crippen LogP contribution in [0, 0.1) is 11.6 Å². The van der Waals surface area contributed by atoms with Gasteiger partial charge in [-0.05, 0) is 18.6 Å². The summed E-state index contributed by atoms with van der Waals surface area (Å²) in [5, 5.41) is 16.6. The van der Waals surface area contributed by atoms with Crippen molar-refractivity contribution in [2.75, 3.05) is 18.2 Å². The van der Waals surface area contributed by atoms with Crippen LogP contribution < -0.4 is 21.1 Å². The second kappa shape index (κ2) is 9.99. The number of hydrogen-bond donors (Lipinski definition) is 3. The van der Waals surface area contributed by atoms with Gasteiger partial charge in [-0.3, -0.25) is 24.1 Å². The number of aromatic hydroxyl groups is 1. The van der Waals surface area contributed by atoms with Crippen LogP contribution in [0.15, 0.2) is 23.1 Å². The highest BCUT2D eigenvalue weighted by Crippen LogP contribution is 2.21. The van der Waals surface area contributed by atoms with Crippen LogP contribution in [0.5, 0.6) is 5.75 Å². The smallest absolute Gasteiger partial charge is 0.275 e. The van der Waals surface area contributed by atoms with E-state index in [0.29, 0.717) is 6.54 Å². The Kier molecular flexibility index (Phi) is 7.34. The molecule has 11 heteroatoms. The maximum absolute atomic E-state index is 14.1. The van der Waals surface area contributed by atoms with Crippen molar-refractivity contribution in [3.8, 4) is 5.75 Å². The quantitative estimate of drug-likeness (QED) is 0.408. The molecule has 2 heterocycles. The Labute approximate surface area is 187 Å². The molecule has 2 amide bonds. The van der Waals surface area contributed by atoms with Crippen molar-refractivity contribution in [3.63, 3.8) is 0 Å². The molecule has 0 saturated heterocycles. The van der Waals surface area contributed by atoms with Gasteiger partial charge in [0.1, 0.15) is 23.9 Å². The lowest BCUT2D eigenvalue weighted by atomic mass is 10.1. The van der Waals surface area contributed by atoms with Crippen molar-refractivity contribution in [2.24, 2.45) is 0 Å². The molecule has 3 N–H and O–H groups in total. The first-order chi connectivity index (χ1) is 15.3. The van der Waals surface area contributed by atoms with Crippen molar-refractivity contribution < 1.29 is 23.5 Å². The third-order valence-electron chi connectivity index (χ3n) is 5.19. The normalized spacial score (nSPS) is 13.0. The average Bonchev–Trinajstić information content (AvgIpc) is 2.77. The molecule has 0 unspecified atom stereocenters. The standard InChI is InChI=1S/C21H23ClF2N4O4/c1-2-3-4-5-8-27-11-26-21(32)17-19(30)18(29)13(10-28(17)27)20(31)25-9-12-15(23)7-6-14(22)16(12)24/h6-7,10,30H,2-5,8-9,11H2,1H3,(H,25,31)(H,26,32). The molecule has 172 valence electrons. The third kappa shape index (κ3) is 4.69. The summed E-state index contributed by atoms with van der Waals surface area (Å²) < 4.78 is 29.3. The molecule has 1 aliphatic rings. The summed E-state index contributed by atoms with van der Waals surface area (Å²) in [4.78, 5) is 37.4. The maximum Gasteiger partial charge on any atom is 0.275 e. The zero-order valence-corrected chi connectivity index (χ0v) is 18.1. The summed E-state index contributed by atoms with van der Waals surface area (Å²) in [7, 11) is 0. The molecule has 0 bridgehead atoms. The zero-order valence-electron chi connectivity index (χ0n) is 17.4. The molecule has 1 aliphatic heterocycles. The van der Waals surface area contributed by atoms with Crippen molar-refractivity contribution in [1.29, 1.82) is 0 Å². The number of nitrogens with zero attached hydrogens (tertiary/aromatic N) is 2. The van der Waals surface area contributed by atoms with Gasteiger partial charge in [-0.1, -0.05) is 37.8 Å². The van der Waals surface area contributed by atoms with Crippen LogP contribution >= 0.6 is 11.6 Å². The van der Waals surface area contributed by atoms with Gasteiger partial charge >= 0.3 is 0 Å². The van der Waals surface area contributed by atoms with Gasteiger partial charge in [-0.25, -0.2) is 8.78 Å². The number of benzene rings is 1. The number of carbonyl (C=O) groups is 2. The van der Waals surface area contributed by atoms with E-state index in [1.165, 1.54) is 4.68 Å². The minimum atomic E-state index is -1.07. The van der Waals surface area contributed by atoms with E-state index >= 15 is 0 Å². The van der Waals surface area contributed by atoms with Crippen LogP contribution in [0.25, 0.3) is 0 Å². The molecule has 2 aromatic rings. The van der Waals surface area contributed by atoms with Crippen LogP contribution in [0.2, 0.25) is 5.02 Å². The highest BCUT2D eigenvalue weighted by atomic mass is 35.5. The Balaban J connectivity index is 1.88. The molecule has 0 atom stereocenters.